The molecule has 0 fully saturated rings. The summed E-state index contributed by atoms with van der Waals surface area (Å²) in [5, 5.41) is 0.596. The van der Waals surface area contributed by atoms with Gasteiger partial charge in [0.1, 0.15) is 12.4 Å². The first-order chi connectivity index (χ1) is 19.7. The van der Waals surface area contributed by atoms with E-state index in [0.717, 1.165) is 16.9 Å². The molecule has 2 atom stereocenters. The number of hydrogen-bond donors (Lipinski definition) is 1. The Bertz CT molecular complexity index is 1570. The van der Waals surface area contributed by atoms with E-state index in [9.17, 15) is 14.4 Å². The highest BCUT2D eigenvalue weighted by Gasteiger charge is 2.38. The van der Waals surface area contributed by atoms with Gasteiger partial charge in [0.25, 0.3) is 11.8 Å². The average molecular weight is 572 g/mol. The van der Waals surface area contributed by atoms with E-state index in [-0.39, 0.29) is 29.7 Å². The van der Waals surface area contributed by atoms with Crippen LogP contribution >= 0.6 is 11.6 Å². The number of rotatable bonds is 8. The molecule has 0 spiro atoms. The zero-order chi connectivity index (χ0) is 29.1. The van der Waals surface area contributed by atoms with Crippen molar-refractivity contribution in [2.75, 3.05) is 16.4 Å². The molecule has 1 aliphatic heterocycles. The Morgan fingerprint density at radius 2 is 1.76 bits per heavy atom. The van der Waals surface area contributed by atoms with Gasteiger partial charge in [0.2, 0.25) is 5.91 Å². The van der Waals surface area contributed by atoms with Crippen LogP contribution in [0, 0.1) is 0 Å². The number of anilines is 2. The van der Waals surface area contributed by atoms with Crippen molar-refractivity contribution in [1.29, 1.82) is 0 Å². The maximum atomic E-state index is 13.8. The number of carbonyl (C=O) groups excluding carboxylic acids is 3. The molecule has 0 saturated carbocycles. The number of ether oxygens (including phenoxy) is 1. The molecule has 1 aliphatic rings. The Hall–Kier alpha value is -4.63. The summed E-state index contributed by atoms with van der Waals surface area (Å²) in [7, 11) is 0. The molecular formula is C31H30ClN5O4. The number of halogens is 1. The van der Waals surface area contributed by atoms with Gasteiger partial charge in [-0.1, -0.05) is 29.8 Å². The van der Waals surface area contributed by atoms with Gasteiger partial charge in [-0.25, -0.2) is 4.98 Å². The standard InChI is InChI=1S/C31H30ClN5O4/c1-20-19-28(37(21(2)38)24-11-9-23(32)10-12-24)26-5-3-4-6-27(26)36(20)31(40)22-7-13-25(14-8-22)41-18-17-35-16-15-34-30(35)29(33)39/h3-16,20,28H,17-19H2,1-2H3,(H2,33,39). The van der Waals surface area contributed by atoms with Gasteiger partial charge in [-0.3, -0.25) is 14.4 Å². The predicted molar refractivity (Wildman–Crippen MR) is 157 cm³/mol. The molecule has 0 aliphatic carbocycles. The lowest BCUT2D eigenvalue weighted by Crippen LogP contribution is -2.47. The van der Waals surface area contributed by atoms with Crippen LogP contribution < -0.4 is 20.3 Å². The summed E-state index contributed by atoms with van der Waals surface area (Å²) in [6, 6.07) is 21.5. The second kappa shape index (κ2) is 11.9. The quantitative estimate of drug-likeness (QED) is 0.311. The van der Waals surface area contributed by atoms with Crippen LogP contribution in [0.5, 0.6) is 5.75 Å². The van der Waals surface area contributed by atoms with Crippen molar-refractivity contribution < 1.29 is 19.1 Å². The number of amides is 3. The van der Waals surface area contributed by atoms with E-state index in [1.807, 2.05) is 43.3 Å². The second-order valence-electron chi connectivity index (χ2n) is 9.88. The highest BCUT2D eigenvalue weighted by molar-refractivity contribution is 6.30. The van der Waals surface area contributed by atoms with Crippen molar-refractivity contribution >= 4 is 40.7 Å². The van der Waals surface area contributed by atoms with Crippen molar-refractivity contribution in [2.45, 2.75) is 38.9 Å². The summed E-state index contributed by atoms with van der Waals surface area (Å²) in [5.74, 6) is -0.0626. The average Bonchev–Trinajstić information content (AvgIpc) is 3.43. The molecule has 3 amide bonds. The van der Waals surface area contributed by atoms with Crippen LogP contribution in [0.1, 0.15) is 52.9 Å². The van der Waals surface area contributed by atoms with Crippen LogP contribution in [0.15, 0.2) is 85.2 Å². The van der Waals surface area contributed by atoms with Crippen molar-refractivity contribution in [3.8, 4) is 5.75 Å². The van der Waals surface area contributed by atoms with E-state index >= 15 is 0 Å². The summed E-state index contributed by atoms with van der Waals surface area (Å²) in [5.41, 5.74) is 8.28. The summed E-state index contributed by atoms with van der Waals surface area (Å²) < 4.78 is 7.44. The maximum absolute atomic E-state index is 13.8. The maximum Gasteiger partial charge on any atom is 0.284 e. The molecule has 0 radical (unpaired) electrons. The summed E-state index contributed by atoms with van der Waals surface area (Å²) >= 11 is 6.10. The molecule has 5 rings (SSSR count). The predicted octanol–water partition coefficient (Wildman–Crippen LogP) is 5.25. The molecule has 210 valence electrons. The zero-order valence-electron chi connectivity index (χ0n) is 22.7. The molecule has 2 N–H and O–H groups in total. The molecule has 0 saturated heterocycles. The Kier molecular flexibility index (Phi) is 8.07. The Morgan fingerprint density at radius 3 is 2.44 bits per heavy atom. The molecule has 3 aromatic carbocycles. The highest BCUT2D eigenvalue weighted by atomic mass is 35.5. The largest absolute Gasteiger partial charge is 0.492 e. The van der Waals surface area contributed by atoms with Crippen LogP contribution in [0.3, 0.4) is 0 Å². The van der Waals surface area contributed by atoms with E-state index < -0.39 is 5.91 Å². The molecule has 1 aromatic heterocycles. The number of fused-ring (bicyclic) bond motifs is 1. The van der Waals surface area contributed by atoms with E-state index in [1.54, 1.807) is 63.9 Å². The summed E-state index contributed by atoms with van der Waals surface area (Å²) in [6.45, 7) is 4.24. The second-order valence-corrected chi connectivity index (χ2v) is 10.3. The third-order valence-electron chi connectivity index (χ3n) is 7.17. The number of nitrogens with zero attached hydrogens (tertiary/aromatic N) is 4. The molecule has 2 heterocycles. The minimum Gasteiger partial charge on any atom is -0.492 e. The number of nitrogens with two attached hydrogens (primary N) is 1. The van der Waals surface area contributed by atoms with Gasteiger partial charge in [0.15, 0.2) is 5.82 Å². The van der Waals surface area contributed by atoms with Gasteiger partial charge in [0, 0.05) is 47.3 Å². The van der Waals surface area contributed by atoms with Gasteiger partial charge < -0.3 is 24.8 Å². The fourth-order valence-corrected chi connectivity index (χ4v) is 5.45. The number of hydrogen-bond acceptors (Lipinski definition) is 5. The Balaban J connectivity index is 1.34. The molecule has 4 aromatic rings. The van der Waals surface area contributed by atoms with Gasteiger partial charge in [-0.2, -0.15) is 0 Å². The normalized spacial score (nSPS) is 16.1. The fraction of sp³-hybridized carbons (Fsp3) is 0.226. The number of aromatic nitrogens is 2. The Labute approximate surface area is 243 Å². The minimum absolute atomic E-state index is 0.0893. The van der Waals surface area contributed by atoms with Gasteiger partial charge in [0.05, 0.1) is 12.6 Å². The van der Waals surface area contributed by atoms with Gasteiger partial charge >= 0.3 is 0 Å². The SMILES string of the molecule is CC(=O)N(c1ccc(Cl)cc1)C1CC(C)N(C(=O)c2ccc(OCCn3ccnc3C(N)=O)cc2)c2ccccc21. The highest BCUT2D eigenvalue weighted by Crippen LogP contribution is 2.43. The van der Waals surface area contributed by atoms with Gasteiger partial charge in [-0.05, 0) is 73.5 Å². The van der Waals surface area contributed by atoms with Crippen LogP contribution in [-0.2, 0) is 11.3 Å². The summed E-state index contributed by atoms with van der Waals surface area (Å²) in [6.07, 6.45) is 3.74. The number of benzene rings is 3. The van der Waals surface area contributed by atoms with Crippen LogP contribution in [0.4, 0.5) is 11.4 Å². The van der Waals surface area contributed by atoms with Crippen LogP contribution in [-0.4, -0.2) is 39.9 Å². The molecular weight excluding hydrogens is 542 g/mol. The molecule has 41 heavy (non-hydrogen) atoms. The van der Waals surface area contributed by atoms with Crippen molar-refractivity contribution in [1.82, 2.24) is 9.55 Å². The molecule has 0 bridgehead atoms. The topological polar surface area (TPSA) is 111 Å². The molecule has 2 unspecified atom stereocenters. The van der Waals surface area contributed by atoms with E-state index in [1.165, 1.54) is 6.20 Å². The monoisotopic (exact) mass is 571 g/mol. The molecule has 10 heteroatoms. The smallest absolute Gasteiger partial charge is 0.284 e. The third-order valence-corrected chi connectivity index (χ3v) is 7.42. The number of carbonyl (C=O) groups is 3. The third kappa shape index (κ3) is 5.81. The summed E-state index contributed by atoms with van der Waals surface area (Å²) in [4.78, 5) is 45.7. The van der Waals surface area contributed by atoms with Gasteiger partial charge in [-0.15, -0.1) is 0 Å². The van der Waals surface area contributed by atoms with E-state index in [4.69, 9.17) is 22.1 Å². The number of para-hydroxylation sites is 1. The number of primary amides is 1. The number of imidazole rings is 1. The van der Waals surface area contributed by atoms with E-state index in [2.05, 4.69) is 4.98 Å². The lowest BCUT2D eigenvalue weighted by Gasteiger charge is -2.43. The minimum atomic E-state index is -0.600. The van der Waals surface area contributed by atoms with Crippen molar-refractivity contribution in [2.24, 2.45) is 5.73 Å². The van der Waals surface area contributed by atoms with Crippen LogP contribution in [0.2, 0.25) is 5.02 Å². The van der Waals surface area contributed by atoms with Crippen molar-refractivity contribution in [3.05, 3.63) is 107 Å². The lowest BCUT2D eigenvalue weighted by atomic mass is 9.89. The Morgan fingerprint density at radius 1 is 1.05 bits per heavy atom. The fourth-order valence-electron chi connectivity index (χ4n) is 5.33. The zero-order valence-corrected chi connectivity index (χ0v) is 23.5. The first-order valence-electron chi connectivity index (χ1n) is 13.3. The lowest BCUT2D eigenvalue weighted by molar-refractivity contribution is -0.117. The van der Waals surface area contributed by atoms with Crippen molar-refractivity contribution in [3.63, 3.8) is 0 Å². The first kappa shape index (κ1) is 27.9. The van der Waals surface area contributed by atoms with E-state index in [0.29, 0.717) is 35.9 Å². The first-order valence-corrected chi connectivity index (χ1v) is 13.6. The molecule has 9 nitrogen and oxygen atoms in total. The van der Waals surface area contributed by atoms with Crippen LogP contribution in [0.25, 0.3) is 0 Å².